The van der Waals surface area contributed by atoms with Crippen molar-refractivity contribution in [3.05, 3.63) is 173 Å². The van der Waals surface area contributed by atoms with Crippen molar-refractivity contribution >= 4 is 35.9 Å². The molecule has 2 aromatic carbocycles. The van der Waals surface area contributed by atoms with Crippen LogP contribution in [0.4, 0.5) is 0 Å². The minimum Gasteiger partial charge on any atom is -0.499 e. The minimum absolute atomic E-state index is 0.0597. The average molecular weight is 853 g/mol. The second kappa shape index (κ2) is 35.7. The lowest BCUT2D eigenvalue weighted by Crippen LogP contribution is -2.17. The van der Waals surface area contributed by atoms with E-state index in [1.807, 2.05) is 60.7 Å². The maximum absolute atomic E-state index is 10.9. The predicted octanol–water partition coefficient (Wildman–Crippen LogP) is 13.3. The minimum atomic E-state index is -0.431. The van der Waals surface area contributed by atoms with Crippen molar-refractivity contribution in [2.45, 2.75) is 96.7 Å². The summed E-state index contributed by atoms with van der Waals surface area (Å²) in [6.45, 7) is 45.0. The first kappa shape index (κ1) is 58.1. The number of epoxide rings is 2. The van der Waals surface area contributed by atoms with Gasteiger partial charge in [0.15, 0.2) is 5.78 Å². The number of ketones is 1. The summed E-state index contributed by atoms with van der Waals surface area (Å²) < 4.78 is 29.6. The van der Waals surface area contributed by atoms with Gasteiger partial charge in [0.25, 0.3) is 0 Å². The Kier molecular flexibility index (Phi) is 33.4. The van der Waals surface area contributed by atoms with Crippen LogP contribution < -0.4 is 4.74 Å². The third kappa shape index (κ3) is 29.2. The summed E-state index contributed by atoms with van der Waals surface area (Å²) in [5.74, 6) is 0.0926. The quantitative estimate of drug-likeness (QED) is 0.0466. The van der Waals surface area contributed by atoms with Crippen molar-refractivity contribution in [3.8, 4) is 5.75 Å². The van der Waals surface area contributed by atoms with Crippen molar-refractivity contribution in [2.75, 3.05) is 19.8 Å². The molecule has 0 aromatic heterocycles. The Morgan fingerprint density at radius 1 is 0.661 bits per heavy atom. The number of hydrogen-bond donors (Lipinski definition) is 0. The van der Waals surface area contributed by atoms with E-state index in [4.69, 9.17) is 18.9 Å². The van der Waals surface area contributed by atoms with Crippen LogP contribution in [0.3, 0.4) is 0 Å². The molecule has 0 radical (unpaired) electrons. The van der Waals surface area contributed by atoms with Gasteiger partial charge in [0.2, 0.25) is 0 Å². The Bertz CT molecular complexity index is 1700. The highest BCUT2D eigenvalue weighted by molar-refractivity contribution is 5.90. The molecule has 9 nitrogen and oxygen atoms in total. The Morgan fingerprint density at radius 2 is 1.19 bits per heavy atom. The first-order chi connectivity index (χ1) is 29.7. The molecule has 0 aliphatic carbocycles. The summed E-state index contributed by atoms with van der Waals surface area (Å²) in [4.78, 5) is 32.1. The number of carbonyl (C=O) groups is 3. The van der Waals surface area contributed by atoms with Crippen LogP contribution in [-0.2, 0) is 38.1 Å². The molecular weight excluding hydrogens is 781 g/mol. The third-order valence-electron chi connectivity index (χ3n) is 8.55. The molecule has 2 atom stereocenters. The molecule has 62 heavy (non-hydrogen) atoms. The second-order valence-corrected chi connectivity index (χ2v) is 13.9. The Morgan fingerprint density at radius 3 is 1.58 bits per heavy atom. The lowest BCUT2D eigenvalue weighted by Gasteiger charge is -2.09. The summed E-state index contributed by atoms with van der Waals surface area (Å²) >= 11 is 0. The molecule has 2 aromatic rings. The molecular formula is C53H72O9. The van der Waals surface area contributed by atoms with Gasteiger partial charge >= 0.3 is 11.9 Å². The van der Waals surface area contributed by atoms with Gasteiger partial charge in [-0.05, 0) is 73.6 Å². The number of allylic oxidation sites excluding steroid dienone is 1. The molecule has 2 heterocycles. The van der Waals surface area contributed by atoms with Crippen LogP contribution in [0.2, 0.25) is 0 Å². The van der Waals surface area contributed by atoms with Gasteiger partial charge in [-0.25, -0.2) is 9.59 Å². The topological polar surface area (TPSA) is 113 Å². The van der Waals surface area contributed by atoms with E-state index in [0.717, 1.165) is 80.3 Å². The lowest BCUT2D eigenvalue weighted by atomic mass is 9.98. The van der Waals surface area contributed by atoms with E-state index in [-0.39, 0.29) is 23.0 Å². The number of hydrogen-bond acceptors (Lipinski definition) is 9. The van der Waals surface area contributed by atoms with Gasteiger partial charge in [0.1, 0.15) is 18.0 Å². The first-order valence-corrected chi connectivity index (χ1v) is 20.7. The van der Waals surface area contributed by atoms with Crippen LogP contribution in [0.5, 0.6) is 5.75 Å². The Labute approximate surface area is 373 Å². The molecule has 0 bridgehead atoms. The lowest BCUT2D eigenvalue weighted by molar-refractivity contribution is -0.134. The van der Waals surface area contributed by atoms with Crippen LogP contribution in [-0.4, -0.2) is 48.7 Å². The normalized spacial score (nSPS) is 15.5. The van der Waals surface area contributed by atoms with Gasteiger partial charge in [-0.1, -0.05) is 161 Å². The van der Waals surface area contributed by atoms with E-state index in [1.54, 1.807) is 13.0 Å². The maximum atomic E-state index is 10.9. The van der Waals surface area contributed by atoms with E-state index < -0.39 is 5.97 Å². The van der Waals surface area contributed by atoms with Crippen LogP contribution in [0.15, 0.2) is 157 Å². The molecule has 338 valence electrons. The second-order valence-electron chi connectivity index (χ2n) is 13.9. The molecule has 0 amide bonds. The van der Waals surface area contributed by atoms with Crippen molar-refractivity contribution in [3.63, 3.8) is 0 Å². The Hall–Kier alpha value is -6.03. The molecule has 9 heteroatoms. The summed E-state index contributed by atoms with van der Waals surface area (Å²) in [5, 5.41) is 0. The van der Waals surface area contributed by atoms with E-state index in [0.29, 0.717) is 30.6 Å². The zero-order valence-corrected chi connectivity index (χ0v) is 38.0. The van der Waals surface area contributed by atoms with Crippen LogP contribution in [0.1, 0.15) is 102 Å². The SMILES string of the molecule is C=CC(=O)CC1(CCC)CO1.C=COC(=O)C(=C)C.C=COC(=O)C(=C)CCCC.C=COCC1(CCCC)CO1.C=COc1ccc(C=C)cc1.C=Cc1cccc(C=C)c1. The number of ether oxygens (including phenoxy) is 6. The standard InChI is InChI=1S/C10H10O.C10H10.C9H14O2.C9H16O2.C9H14O2.C6H8O2/c1-3-9-5-7-10(8-6-9)11-4-2;1-3-9-6-5-7-10(4-2)8-9;1-3-5-9(7-11-9)6-8(10)4-2;1-3-5-6-9(8-11-9)7-10-4-2;1-4-6-7-8(3)9(10)11-5-2;1-4-8-6(7)5(2)3/h3-8H,1-2H2;3-8H,1-2H2;4H,2-3,5-7H2,1H3;4H,2-3,5-8H2,1H3;5H,2-4,6-7H2,1H3;4H,1-2H2,3H3. The fourth-order valence-corrected chi connectivity index (χ4v) is 4.81. The van der Waals surface area contributed by atoms with Crippen molar-refractivity contribution in [1.82, 2.24) is 0 Å². The van der Waals surface area contributed by atoms with Gasteiger partial charge in [0, 0.05) is 17.6 Å². The van der Waals surface area contributed by atoms with Crippen molar-refractivity contribution in [1.29, 1.82) is 0 Å². The molecule has 2 unspecified atom stereocenters. The van der Waals surface area contributed by atoms with E-state index >= 15 is 0 Å². The van der Waals surface area contributed by atoms with Crippen molar-refractivity contribution in [2.24, 2.45) is 0 Å². The third-order valence-corrected chi connectivity index (χ3v) is 8.55. The number of unbranched alkanes of at least 4 members (excludes halogenated alkanes) is 2. The van der Waals surface area contributed by atoms with Gasteiger partial charge in [0.05, 0.1) is 43.9 Å². The van der Waals surface area contributed by atoms with Crippen LogP contribution in [0, 0.1) is 0 Å². The number of benzene rings is 2. The summed E-state index contributed by atoms with van der Waals surface area (Å²) in [6, 6.07) is 15.7. The summed E-state index contributed by atoms with van der Waals surface area (Å²) in [5.41, 5.74) is 4.22. The van der Waals surface area contributed by atoms with Gasteiger partial charge in [-0.15, -0.1) is 0 Å². The molecule has 2 aliphatic rings. The van der Waals surface area contributed by atoms with Gasteiger partial charge in [-0.2, -0.15) is 0 Å². The molecule has 2 aliphatic heterocycles. The van der Waals surface area contributed by atoms with Crippen LogP contribution >= 0.6 is 0 Å². The summed E-state index contributed by atoms with van der Waals surface area (Å²) in [6.07, 6.45) is 20.8. The largest absolute Gasteiger partial charge is 0.499 e. The van der Waals surface area contributed by atoms with Gasteiger partial charge in [-0.3, -0.25) is 4.79 Å². The fourth-order valence-electron chi connectivity index (χ4n) is 4.81. The molecule has 0 spiro atoms. The highest BCUT2D eigenvalue weighted by atomic mass is 16.6. The number of esters is 2. The van der Waals surface area contributed by atoms with E-state index in [2.05, 4.69) is 96.0 Å². The first-order valence-electron chi connectivity index (χ1n) is 20.7. The highest BCUT2D eigenvalue weighted by Gasteiger charge is 2.45. The van der Waals surface area contributed by atoms with E-state index in [1.165, 1.54) is 31.4 Å². The molecule has 2 fully saturated rings. The monoisotopic (exact) mass is 853 g/mol. The zero-order valence-electron chi connectivity index (χ0n) is 38.0. The molecule has 0 saturated carbocycles. The van der Waals surface area contributed by atoms with Crippen molar-refractivity contribution < 1.29 is 42.8 Å². The fraction of sp³-hybridized carbons (Fsp3) is 0.340. The highest BCUT2D eigenvalue weighted by Crippen LogP contribution is 2.36. The average Bonchev–Trinajstić information content (AvgIpc) is 4.23. The van der Waals surface area contributed by atoms with Gasteiger partial charge < -0.3 is 28.4 Å². The summed E-state index contributed by atoms with van der Waals surface area (Å²) in [7, 11) is 0. The predicted molar refractivity (Wildman–Crippen MR) is 258 cm³/mol. The van der Waals surface area contributed by atoms with E-state index in [9.17, 15) is 14.4 Å². The molecule has 4 rings (SSSR count). The smallest absolute Gasteiger partial charge is 0.338 e. The molecule has 2 saturated heterocycles. The maximum Gasteiger partial charge on any atom is 0.338 e. The zero-order chi connectivity index (χ0) is 47.2. The molecule has 0 N–H and O–H groups in total. The Balaban J connectivity index is 0. The number of rotatable bonds is 23. The number of carbonyl (C=O) groups excluding carboxylic acids is 3. The van der Waals surface area contributed by atoms with Crippen LogP contribution in [0.25, 0.3) is 18.2 Å².